The summed E-state index contributed by atoms with van der Waals surface area (Å²) in [5, 5.41) is 13.7. The number of hydrogen-bond donors (Lipinski definition) is 5. The Morgan fingerprint density at radius 3 is 2.50 bits per heavy atom. The highest BCUT2D eigenvalue weighted by molar-refractivity contribution is 5.86. The third kappa shape index (κ3) is 4.96. The summed E-state index contributed by atoms with van der Waals surface area (Å²) in [5.74, 6) is 2.02. The van der Waals surface area contributed by atoms with Gasteiger partial charge in [0.2, 0.25) is 5.95 Å². The molecule has 6 rings (SSSR count). The van der Waals surface area contributed by atoms with Crippen LogP contribution in [0.5, 0.6) is 5.75 Å². The van der Waals surface area contributed by atoms with E-state index in [-0.39, 0.29) is 5.75 Å². The highest BCUT2D eigenvalue weighted by atomic mass is 16.3. The first kappa shape index (κ1) is 24.8. The number of nitrogens with zero attached hydrogens (tertiary/aromatic N) is 4. The molecule has 2 aromatic heterocycles. The number of nitrogen functional groups attached to an aromatic ring is 1. The number of benzene rings is 1. The third-order valence-corrected chi connectivity index (χ3v) is 8.53. The van der Waals surface area contributed by atoms with Crippen LogP contribution in [0.3, 0.4) is 0 Å². The first-order valence-corrected chi connectivity index (χ1v) is 13.8. The van der Waals surface area contributed by atoms with Crippen molar-refractivity contribution in [2.75, 3.05) is 43.4 Å². The van der Waals surface area contributed by atoms with Gasteiger partial charge in [0.05, 0.1) is 0 Å². The van der Waals surface area contributed by atoms with Crippen LogP contribution in [0.1, 0.15) is 59.5 Å². The van der Waals surface area contributed by atoms with Gasteiger partial charge in [0.1, 0.15) is 11.6 Å². The Bertz CT molecular complexity index is 1290. The molecule has 0 amide bonds. The van der Waals surface area contributed by atoms with Crippen LogP contribution < -0.4 is 21.7 Å². The second kappa shape index (κ2) is 10.7. The lowest BCUT2D eigenvalue weighted by molar-refractivity contribution is 0.127. The molecule has 0 unspecified atom stereocenters. The fourth-order valence-corrected chi connectivity index (χ4v) is 6.30. The van der Waals surface area contributed by atoms with E-state index in [2.05, 4.69) is 20.1 Å². The summed E-state index contributed by atoms with van der Waals surface area (Å²) in [6.07, 6.45) is 11.6. The number of likely N-dealkylation sites (tertiary alicyclic amines) is 1. The average molecular weight is 515 g/mol. The molecule has 3 aliphatic rings. The molecule has 1 aromatic carbocycles. The van der Waals surface area contributed by atoms with Gasteiger partial charge in [0.15, 0.2) is 0 Å². The Hall–Kier alpha value is -3.56. The van der Waals surface area contributed by atoms with Crippen LogP contribution in [-0.2, 0) is 13.0 Å². The van der Waals surface area contributed by atoms with E-state index in [4.69, 9.17) is 21.4 Å². The molecule has 0 saturated carbocycles. The van der Waals surface area contributed by atoms with Gasteiger partial charge in [-0.2, -0.15) is 0 Å². The van der Waals surface area contributed by atoms with Gasteiger partial charge in [-0.3, -0.25) is 0 Å². The molecule has 200 valence electrons. The SMILES string of the molecule is N/C(=C\c1c(N)[nH]c2c1CN(c1ncc(C3CCN(C4CCNCC4)CC3)cn1)CC2)c1ccccc1O. The van der Waals surface area contributed by atoms with Crippen molar-refractivity contribution in [2.45, 2.75) is 50.6 Å². The standard InChI is InChI=1S/C29H38N8O/c30-25(22-3-1-2-4-27(22)38)15-23-24-18-37(14-9-26(24)35-28(23)31)29-33-16-20(17-34-29)19-7-12-36(13-8-19)21-5-10-32-11-6-21/h1-4,15-17,19,21,32,35,38H,5-14,18,30-31H2/b25-15-. The van der Waals surface area contributed by atoms with Crippen LogP contribution in [0.15, 0.2) is 36.7 Å². The minimum absolute atomic E-state index is 0.149. The fourth-order valence-electron chi connectivity index (χ4n) is 6.30. The number of phenols is 1. The number of H-pyrrole nitrogens is 1. The van der Waals surface area contributed by atoms with Crippen LogP contribution in [0.25, 0.3) is 11.8 Å². The molecule has 7 N–H and O–H groups in total. The Labute approximate surface area is 224 Å². The first-order valence-electron chi connectivity index (χ1n) is 13.8. The van der Waals surface area contributed by atoms with Gasteiger partial charge in [-0.1, -0.05) is 12.1 Å². The van der Waals surface area contributed by atoms with Gasteiger partial charge < -0.3 is 36.7 Å². The number of anilines is 2. The molecular weight excluding hydrogens is 476 g/mol. The van der Waals surface area contributed by atoms with Crippen molar-refractivity contribution < 1.29 is 5.11 Å². The highest BCUT2D eigenvalue weighted by Gasteiger charge is 2.28. The number of para-hydroxylation sites is 1. The Kier molecular flexibility index (Phi) is 6.95. The highest BCUT2D eigenvalue weighted by Crippen LogP contribution is 2.33. The number of aromatic nitrogens is 3. The number of piperidine rings is 2. The number of hydrogen-bond acceptors (Lipinski definition) is 8. The number of aromatic hydroxyl groups is 1. The van der Waals surface area contributed by atoms with Crippen molar-refractivity contribution in [3.63, 3.8) is 0 Å². The van der Waals surface area contributed by atoms with Crippen molar-refractivity contribution in [3.8, 4) is 5.75 Å². The Balaban J connectivity index is 1.13. The third-order valence-electron chi connectivity index (χ3n) is 8.53. The van der Waals surface area contributed by atoms with Crippen LogP contribution in [-0.4, -0.2) is 63.7 Å². The number of fused-ring (bicyclic) bond motifs is 1. The maximum atomic E-state index is 10.2. The molecule has 0 spiro atoms. The summed E-state index contributed by atoms with van der Waals surface area (Å²) in [5.41, 5.74) is 18.1. The van der Waals surface area contributed by atoms with Crippen LogP contribution in [0.4, 0.5) is 11.8 Å². The molecule has 3 aliphatic heterocycles. The van der Waals surface area contributed by atoms with Gasteiger partial charge in [-0.05, 0) is 81.6 Å². The van der Waals surface area contributed by atoms with Crippen molar-refractivity contribution in [1.82, 2.24) is 25.2 Å². The largest absolute Gasteiger partial charge is 0.507 e. The molecule has 0 radical (unpaired) electrons. The van der Waals surface area contributed by atoms with Gasteiger partial charge >= 0.3 is 0 Å². The molecule has 0 aliphatic carbocycles. The van der Waals surface area contributed by atoms with Crippen molar-refractivity contribution >= 4 is 23.5 Å². The lowest BCUT2D eigenvalue weighted by atomic mass is 9.89. The van der Waals surface area contributed by atoms with Gasteiger partial charge in [-0.25, -0.2) is 9.97 Å². The molecule has 0 bridgehead atoms. The van der Waals surface area contributed by atoms with Crippen molar-refractivity contribution in [3.05, 3.63) is 64.6 Å². The summed E-state index contributed by atoms with van der Waals surface area (Å²) < 4.78 is 0. The van der Waals surface area contributed by atoms with Crippen LogP contribution in [0, 0.1) is 0 Å². The summed E-state index contributed by atoms with van der Waals surface area (Å²) in [7, 11) is 0. The van der Waals surface area contributed by atoms with E-state index in [1.54, 1.807) is 18.2 Å². The fraction of sp³-hybridized carbons (Fsp3) is 0.448. The molecular formula is C29H38N8O. The van der Waals surface area contributed by atoms with E-state index in [9.17, 15) is 5.11 Å². The lowest BCUT2D eigenvalue weighted by Gasteiger charge is -2.39. The molecule has 5 heterocycles. The number of nitrogens with one attached hydrogen (secondary N) is 2. The van der Waals surface area contributed by atoms with Gasteiger partial charge in [-0.15, -0.1) is 0 Å². The normalized spacial score (nSPS) is 20.0. The number of nitrogens with two attached hydrogens (primary N) is 2. The predicted molar refractivity (Wildman–Crippen MR) is 152 cm³/mol. The molecule has 2 saturated heterocycles. The molecule has 9 heteroatoms. The molecule has 3 aromatic rings. The first-order chi connectivity index (χ1) is 18.6. The molecule has 9 nitrogen and oxygen atoms in total. The summed E-state index contributed by atoms with van der Waals surface area (Å²) >= 11 is 0. The van der Waals surface area contributed by atoms with Gasteiger partial charge in [0, 0.05) is 66.0 Å². The maximum absolute atomic E-state index is 10.2. The smallest absolute Gasteiger partial charge is 0.225 e. The van der Waals surface area contributed by atoms with E-state index in [0.717, 1.165) is 54.9 Å². The van der Waals surface area contributed by atoms with Crippen LogP contribution in [0.2, 0.25) is 0 Å². The summed E-state index contributed by atoms with van der Waals surface area (Å²) in [6, 6.07) is 7.81. The van der Waals surface area contributed by atoms with Crippen molar-refractivity contribution in [1.29, 1.82) is 0 Å². The molecule has 38 heavy (non-hydrogen) atoms. The quantitative estimate of drug-likeness (QED) is 0.351. The number of rotatable bonds is 5. The summed E-state index contributed by atoms with van der Waals surface area (Å²) in [6.45, 7) is 6.10. The lowest BCUT2D eigenvalue weighted by Crippen LogP contribution is -2.46. The Morgan fingerprint density at radius 1 is 1.03 bits per heavy atom. The van der Waals surface area contributed by atoms with E-state index >= 15 is 0 Å². The zero-order valence-electron chi connectivity index (χ0n) is 21.9. The van der Waals surface area contributed by atoms with E-state index in [1.165, 1.54) is 44.3 Å². The topological polar surface area (TPSA) is 132 Å². The van der Waals surface area contributed by atoms with E-state index < -0.39 is 0 Å². The van der Waals surface area contributed by atoms with Gasteiger partial charge in [0.25, 0.3) is 0 Å². The maximum Gasteiger partial charge on any atom is 0.225 e. The zero-order chi connectivity index (χ0) is 26.1. The number of phenolic OH excluding ortho intramolecular Hbond substituents is 1. The monoisotopic (exact) mass is 514 g/mol. The van der Waals surface area contributed by atoms with Crippen molar-refractivity contribution in [2.24, 2.45) is 5.73 Å². The predicted octanol–water partition coefficient (Wildman–Crippen LogP) is 3.04. The average Bonchev–Trinajstić information content (AvgIpc) is 3.27. The second-order valence-electron chi connectivity index (χ2n) is 10.8. The minimum atomic E-state index is 0.149. The summed E-state index contributed by atoms with van der Waals surface area (Å²) in [4.78, 5) is 17.8. The zero-order valence-corrected chi connectivity index (χ0v) is 21.9. The minimum Gasteiger partial charge on any atom is -0.507 e. The van der Waals surface area contributed by atoms with E-state index in [1.807, 2.05) is 24.5 Å². The second-order valence-corrected chi connectivity index (χ2v) is 10.8. The van der Waals surface area contributed by atoms with E-state index in [0.29, 0.717) is 29.5 Å². The molecule has 2 fully saturated rings. The molecule has 0 atom stereocenters. The number of aromatic amines is 1. The van der Waals surface area contributed by atoms with Crippen LogP contribution >= 0.6 is 0 Å². The Morgan fingerprint density at radius 2 is 1.76 bits per heavy atom.